The molecule has 1 atom stereocenters. The van der Waals surface area contributed by atoms with E-state index in [1.54, 1.807) is 32.2 Å². The minimum atomic E-state index is -3.57. The summed E-state index contributed by atoms with van der Waals surface area (Å²) in [7, 11) is -3.57. The van der Waals surface area contributed by atoms with E-state index in [0.29, 0.717) is 18.0 Å². The first-order valence-corrected chi connectivity index (χ1v) is 8.44. The summed E-state index contributed by atoms with van der Waals surface area (Å²) in [5, 5.41) is 5.42. The summed E-state index contributed by atoms with van der Waals surface area (Å²) < 4.78 is 32.3. The molecule has 0 saturated heterocycles. The van der Waals surface area contributed by atoms with E-state index in [0.717, 1.165) is 10.4 Å². The number of nitrogens with one attached hydrogen (secondary N) is 1. The molecule has 2 aromatic heterocycles. The Hall–Kier alpha value is -1.22. The van der Waals surface area contributed by atoms with E-state index < -0.39 is 16.1 Å². The van der Waals surface area contributed by atoms with Crippen molar-refractivity contribution in [3.05, 3.63) is 33.3 Å². The molecule has 3 N–H and O–H groups in total. The fraction of sp³-hybridized carbons (Fsp3) is 0.417. The molecule has 0 aromatic carbocycles. The van der Waals surface area contributed by atoms with Crippen molar-refractivity contribution in [3.63, 3.8) is 0 Å². The molecule has 0 aliphatic heterocycles. The van der Waals surface area contributed by atoms with Gasteiger partial charge in [0.1, 0.15) is 5.76 Å². The monoisotopic (exact) mass is 315 g/mol. The van der Waals surface area contributed by atoms with Crippen LogP contribution in [0.5, 0.6) is 0 Å². The first kappa shape index (κ1) is 15.2. The molecule has 110 valence electrons. The van der Waals surface area contributed by atoms with Crippen molar-refractivity contribution in [3.8, 4) is 0 Å². The molecule has 6 nitrogen and oxygen atoms in total. The second-order valence-corrected chi connectivity index (χ2v) is 7.24. The molecule has 0 saturated carbocycles. The zero-order chi connectivity index (χ0) is 14.9. The number of nitrogens with two attached hydrogens (primary N) is 1. The number of hydrogen-bond acceptors (Lipinski definition) is 6. The SMILES string of the molecule is Cc1noc(C)c1C(C)NS(=O)(=O)c1csc(CN)c1. The quantitative estimate of drug-likeness (QED) is 0.877. The number of sulfonamides is 1. The molecule has 0 fully saturated rings. The van der Waals surface area contributed by atoms with Gasteiger partial charge in [-0.15, -0.1) is 11.3 Å². The van der Waals surface area contributed by atoms with Gasteiger partial charge in [0.25, 0.3) is 0 Å². The average molecular weight is 315 g/mol. The van der Waals surface area contributed by atoms with E-state index in [4.69, 9.17) is 10.3 Å². The summed E-state index contributed by atoms with van der Waals surface area (Å²) in [6.45, 7) is 5.64. The Labute approximate surface area is 122 Å². The van der Waals surface area contributed by atoms with Gasteiger partial charge in [-0.05, 0) is 26.8 Å². The largest absolute Gasteiger partial charge is 0.361 e. The Morgan fingerprint density at radius 1 is 1.50 bits per heavy atom. The Kier molecular flexibility index (Phi) is 4.28. The van der Waals surface area contributed by atoms with Gasteiger partial charge in [0.05, 0.1) is 10.6 Å². The minimum absolute atomic E-state index is 0.238. The predicted molar refractivity (Wildman–Crippen MR) is 76.9 cm³/mol. The maximum atomic E-state index is 12.3. The van der Waals surface area contributed by atoms with Crippen LogP contribution >= 0.6 is 11.3 Å². The summed E-state index contributed by atoms with van der Waals surface area (Å²) in [4.78, 5) is 1.07. The van der Waals surface area contributed by atoms with E-state index in [2.05, 4.69) is 9.88 Å². The lowest BCUT2D eigenvalue weighted by Crippen LogP contribution is -2.27. The lowest BCUT2D eigenvalue weighted by molar-refractivity contribution is 0.391. The van der Waals surface area contributed by atoms with E-state index in [1.165, 1.54) is 11.3 Å². The predicted octanol–water partition coefficient (Wildman–Crippen LogP) is 1.85. The number of aryl methyl sites for hydroxylation is 2. The standard InChI is InChI=1S/C12H17N3O3S2/c1-7-12(9(3)18-14-7)8(2)15-20(16,17)11-4-10(5-13)19-6-11/h4,6,8,15H,5,13H2,1-3H3. The van der Waals surface area contributed by atoms with Gasteiger partial charge in [-0.1, -0.05) is 5.16 Å². The van der Waals surface area contributed by atoms with Crippen LogP contribution in [0.3, 0.4) is 0 Å². The number of hydrogen-bond donors (Lipinski definition) is 2. The van der Waals surface area contributed by atoms with E-state index in [1.807, 2.05) is 0 Å². The fourth-order valence-corrected chi connectivity index (χ4v) is 4.45. The zero-order valence-corrected chi connectivity index (χ0v) is 13.1. The van der Waals surface area contributed by atoms with Crippen molar-refractivity contribution >= 4 is 21.4 Å². The third kappa shape index (κ3) is 2.93. The highest BCUT2D eigenvalue weighted by molar-refractivity contribution is 7.89. The number of nitrogens with zero attached hydrogens (tertiary/aromatic N) is 1. The van der Waals surface area contributed by atoms with Crippen LogP contribution in [0.1, 0.15) is 34.9 Å². The van der Waals surface area contributed by atoms with Crippen LogP contribution in [0, 0.1) is 13.8 Å². The van der Waals surface area contributed by atoms with Crippen LogP contribution < -0.4 is 10.5 Å². The number of rotatable bonds is 5. The second-order valence-electron chi connectivity index (χ2n) is 4.53. The Morgan fingerprint density at radius 2 is 2.20 bits per heavy atom. The molecule has 1 unspecified atom stereocenters. The van der Waals surface area contributed by atoms with Crippen LogP contribution in [-0.2, 0) is 16.6 Å². The van der Waals surface area contributed by atoms with Gasteiger partial charge in [-0.2, -0.15) is 0 Å². The van der Waals surface area contributed by atoms with Gasteiger partial charge in [0.15, 0.2) is 0 Å². The highest BCUT2D eigenvalue weighted by atomic mass is 32.2. The van der Waals surface area contributed by atoms with Crippen LogP contribution in [-0.4, -0.2) is 13.6 Å². The van der Waals surface area contributed by atoms with Gasteiger partial charge in [0, 0.05) is 28.4 Å². The van der Waals surface area contributed by atoms with Crippen LogP contribution in [0.15, 0.2) is 20.9 Å². The summed E-state index contributed by atoms with van der Waals surface area (Å²) in [5.74, 6) is 0.616. The van der Waals surface area contributed by atoms with Crippen molar-refractivity contribution < 1.29 is 12.9 Å². The topological polar surface area (TPSA) is 98.2 Å². The maximum Gasteiger partial charge on any atom is 0.241 e. The second kappa shape index (κ2) is 5.65. The maximum absolute atomic E-state index is 12.3. The Morgan fingerprint density at radius 3 is 2.70 bits per heavy atom. The van der Waals surface area contributed by atoms with Gasteiger partial charge in [-0.25, -0.2) is 13.1 Å². The lowest BCUT2D eigenvalue weighted by Gasteiger charge is -2.13. The number of aromatic nitrogens is 1. The minimum Gasteiger partial charge on any atom is -0.361 e. The van der Waals surface area contributed by atoms with Gasteiger partial charge in [0.2, 0.25) is 10.0 Å². The normalized spacial score (nSPS) is 13.6. The third-order valence-electron chi connectivity index (χ3n) is 2.99. The molecule has 0 spiro atoms. The summed E-state index contributed by atoms with van der Waals surface area (Å²) in [6.07, 6.45) is 0. The first-order chi connectivity index (χ1) is 9.35. The molecule has 2 rings (SSSR count). The summed E-state index contributed by atoms with van der Waals surface area (Å²) in [5.41, 5.74) is 6.95. The number of thiophene rings is 1. The van der Waals surface area contributed by atoms with Crippen molar-refractivity contribution in [2.75, 3.05) is 0 Å². The van der Waals surface area contributed by atoms with E-state index in [9.17, 15) is 8.42 Å². The molecule has 2 heterocycles. The molecule has 0 amide bonds. The van der Waals surface area contributed by atoms with Gasteiger partial charge in [-0.3, -0.25) is 0 Å². The van der Waals surface area contributed by atoms with Crippen molar-refractivity contribution in [2.24, 2.45) is 5.73 Å². The van der Waals surface area contributed by atoms with E-state index in [-0.39, 0.29) is 4.90 Å². The molecular weight excluding hydrogens is 298 g/mol. The smallest absolute Gasteiger partial charge is 0.241 e. The van der Waals surface area contributed by atoms with E-state index >= 15 is 0 Å². The average Bonchev–Trinajstić information content (AvgIpc) is 2.96. The van der Waals surface area contributed by atoms with Gasteiger partial charge < -0.3 is 10.3 Å². The Balaban J connectivity index is 2.24. The van der Waals surface area contributed by atoms with Crippen molar-refractivity contribution in [1.82, 2.24) is 9.88 Å². The molecule has 0 aliphatic carbocycles. The summed E-state index contributed by atoms with van der Waals surface area (Å²) in [6, 6.07) is 1.18. The molecule has 0 bridgehead atoms. The van der Waals surface area contributed by atoms with Crippen LogP contribution in [0.4, 0.5) is 0 Å². The zero-order valence-electron chi connectivity index (χ0n) is 11.5. The van der Waals surface area contributed by atoms with Crippen molar-refractivity contribution in [1.29, 1.82) is 0 Å². The first-order valence-electron chi connectivity index (χ1n) is 6.07. The molecule has 20 heavy (non-hydrogen) atoms. The molecule has 8 heteroatoms. The van der Waals surface area contributed by atoms with Crippen molar-refractivity contribution in [2.45, 2.75) is 38.3 Å². The Bertz CT molecular complexity index is 684. The highest BCUT2D eigenvalue weighted by Gasteiger charge is 2.23. The highest BCUT2D eigenvalue weighted by Crippen LogP contribution is 2.24. The van der Waals surface area contributed by atoms with Crippen LogP contribution in [0.2, 0.25) is 0 Å². The molecule has 0 radical (unpaired) electrons. The summed E-state index contributed by atoms with van der Waals surface area (Å²) >= 11 is 1.33. The third-order valence-corrected chi connectivity index (χ3v) is 5.62. The lowest BCUT2D eigenvalue weighted by atomic mass is 10.1. The fourth-order valence-electron chi connectivity index (χ4n) is 2.08. The molecular formula is C12H17N3O3S2. The molecule has 0 aliphatic rings. The van der Waals surface area contributed by atoms with Crippen LogP contribution in [0.25, 0.3) is 0 Å². The van der Waals surface area contributed by atoms with Gasteiger partial charge >= 0.3 is 0 Å². The molecule has 2 aromatic rings.